The Bertz CT molecular complexity index is 1110. The number of hydrogen-bond donors (Lipinski definition) is 7. The molecule has 0 spiro atoms. The van der Waals surface area contributed by atoms with Gasteiger partial charge in [0.05, 0.1) is 25.4 Å². The van der Waals surface area contributed by atoms with Gasteiger partial charge < -0.3 is 45.4 Å². The lowest BCUT2D eigenvalue weighted by Crippen LogP contribution is -2.60. The number of hydrogen-bond acceptors (Lipinski definition) is 9. The standard InChI is InChI=1S/C62H123NO9/c1-3-5-7-9-11-13-15-16-17-18-19-20-21-22-23-24-25-26-27-28-29-30-31-32-33-34-35-36-37-38-39-41-43-45-47-49-51-56(66)61(70)63-54(53-71-62-60(69)59(68)58(67)57(52-64)72-62)55(65)50-48-46-44-42-40-14-12-10-8-6-4-2/h54-60,62,64-69H,3-53H2,1-2H3,(H,63,70). The van der Waals surface area contributed by atoms with Crippen LogP contribution in [-0.2, 0) is 14.3 Å². The molecule has 0 aromatic carbocycles. The number of ether oxygens (including phenoxy) is 2. The number of aliphatic hydroxyl groups is 6. The van der Waals surface area contributed by atoms with Crippen LogP contribution >= 0.6 is 0 Å². The summed E-state index contributed by atoms with van der Waals surface area (Å²) in [7, 11) is 0. The van der Waals surface area contributed by atoms with Crippen molar-refractivity contribution in [2.45, 2.75) is 377 Å². The van der Waals surface area contributed by atoms with E-state index in [9.17, 15) is 35.4 Å². The minimum absolute atomic E-state index is 0.250. The number of rotatable bonds is 56. The number of unbranched alkanes of at least 4 members (excludes halogenated alkanes) is 45. The van der Waals surface area contributed by atoms with Crippen LogP contribution in [0.4, 0.5) is 0 Å². The zero-order valence-electron chi connectivity index (χ0n) is 47.6. The maximum Gasteiger partial charge on any atom is 0.249 e. The van der Waals surface area contributed by atoms with Gasteiger partial charge in [0, 0.05) is 0 Å². The zero-order valence-corrected chi connectivity index (χ0v) is 47.6. The van der Waals surface area contributed by atoms with Crippen LogP contribution in [0.15, 0.2) is 0 Å². The van der Waals surface area contributed by atoms with Crippen LogP contribution in [0, 0.1) is 0 Å². The summed E-state index contributed by atoms with van der Waals surface area (Å²) in [6, 6.07) is -0.888. The zero-order chi connectivity index (χ0) is 52.4. The van der Waals surface area contributed by atoms with E-state index in [4.69, 9.17) is 9.47 Å². The maximum absolute atomic E-state index is 13.1. The molecule has 1 rings (SSSR count). The summed E-state index contributed by atoms with van der Waals surface area (Å²) in [5.74, 6) is -0.577. The number of carbonyl (C=O) groups excluding carboxylic acids is 1. The third-order valence-electron chi connectivity index (χ3n) is 15.8. The van der Waals surface area contributed by atoms with E-state index < -0.39 is 61.5 Å². The molecule has 10 heteroatoms. The molecule has 1 saturated heterocycles. The minimum atomic E-state index is -1.59. The molecule has 72 heavy (non-hydrogen) atoms. The van der Waals surface area contributed by atoms with E-state index in [0.717, 1.165) is 44.9 Å². The topological polar surface area (TPSA) is 169 Å². The van der Waals surface area contributed by atoms with Crippen molar-refractivity contribution >= 4 is 5.91 Å². The summed E-state index contributed by atoms with van der Waals surface area (Å²) in [5.41, 5.74) is 0. The van der Waals surface area contributed by atoms with Gasteiger partial charge in [-0.15, -0.1) is 0 Å². The van der Waals surface area contributed by atoms with Crippen molar-refractivity contribution in [3.8, 4) is 0 Å². The van der Waals surface area contributed by atoms with E-state index in [1.165, 1.54) is 257 Å². The second-order valence-electron chi connectivity index (χ2n) is 22.7. The van der Waals surface area contributed by atoms with Gasteiger partial charge in [0.15, 0.2) is 6.29 Å². The third-order valence-corrected chi connectivity index (χ3v) is 15.8. The fourth-order valence-corrected chi connectivity index (χ4v) is 10.7. The van der Waals surface area contributed by atoms with Crippen LogP contribution in [0.2, 0.25) is 0 Å². The summed E-state index contributed by atoms with van der Waals surface area (Å²) in [4.78, 5) is 13.1. The average molecular weight is 1030 g/mol. The monoisotopic (exact) mass is 1030 g/mol. The first kappa shape index (κ1) is 69.2. The van der Waals surface area contributed by atoms with Crippen molar-refractivity contribution in [1.29, 1.82) is 0 Å². The van der Waals surface area contributed by atoms with Crippen LogP contribution in [0.3, 0.4) is 0 Å². The van der Waals surface area contributed by atoms with Crippen molar-refractivity contribution in [1.82, 2.24) is 5.32 Å². The van der Waals surface area contributed by atoms with Gasteiger partial charge in [-0.2, -0.15) is 0 Å². The molecule has 1 amide bonds. The molecule has 0 aromatic rings. The van der Waals surface area contributed by atoms with Crippen molar-refractivity contribution in [2.24, 2.45) is 0 Å². The van der Waals surface area contributed by atoms with Gasteiger partial charge in [0.1, 0.15) is 30.5 Å². The first-order valence-electron chi connectivity index (χ1n) is 31.8. The fourth-order valence-electron chi connectivity index (χ4n) is 10.7. The Hall–Kier alpha value is -0.850. The van der Waals surface area contributed by atoms with E-state index in [1.807, 2.05) is 0 Å². The molecule has 0 bridgehead atoms. The highest BCUT2D eigenvalue weighted by Gasteiger charge is 2.44. The highest BCUT2D eigenvalue weighted by molar-refractivity contribution is 5.80. The van der Waals surface area contributed by atoms with Gasteiger partial charge in [-0.3, -0.25) is 4.79 Å². The van der Waals surface area contributed by atoms with Gasteiger partial charge in [0.25, 0.3) is 0 Å². The van der Waals surface area contributed by atoms with Crippen molar-refractivity contribution in [3.05, 3.63) is 0 Å². The van der Waals surface area contributed by atoms with Crippen molar-refractivity contribution < 1.29 is 44.9 Å². The molecule has 0 aromatic heterocycles. The molecule has 1 fully saturated rings. The predicted molar refractivity (Wildman–Crippen MR) is 301 cm³/mol. The van der Waals surface area contributed by atoms with Crippen LogP contribution in [0.25, 0.3) is 0 Å². The molecule has 1 aliphatic rings. The van der Waals surface area contributed by atoms with Crippen LogP contribution in [0.5, 0.6) is 0 Å². The Morgan fingerprint density at radius 1 is 0.417 bits per heavy atom. The van der Waals surface area contributed by atoms with E-state index in [0.29, 0.717) is 12.8 Å². The summed E-state index contributed by atoms with van der Waals surface area (Å²) >= 11 is 0. The van der Waals surface area contributed by atoms with E-state index >= 15 is 0 Å². The minimum Gasteiger partial charge on any atom is -0.394 e. The lowest BCUT2D eigenvalue weighted by Gasteiger charge is -2.40. The summed E-state index contributed by atoms with van der Waals surface area (Å²) in [6.45, 7) is 3.70. The maximum atomic E-state index is 13.1. The van der Waals surface area contributed by atoms with E-state index in [2.05, 4.69) is 19.2 Å². The van der Waals surface area contributed by atoms with Crippen LogP contribution in [0.1, 0.15) is 328 Å². The third kappa shape index (κ3) is 40.4. The lowest BCUT2D eigenvalue weighted by atomic mass is 9.99. The summed E-state index contributed by atoms with van der Waals surface area (Å²) in [5, 5.41) is 65.1. The van der Waals surface area contributed by atoms with Gasteiger partial charge in [-0.1, -0.05) is 316 Å². The molecule has 1 heterocycles. The molecule has 10 nitrogen and oxygen atoms in total. The quantitative estimate of drug-likeness (QED) is 0.0293. The number of nitrogens with one attached hydrogen (secondary N) is 1. The van der Waals surface area contributed by atoms with E-state index in [-0.39, 0.29) is 6.61 Å². The second-order valence-corrected chi connectivity index (χ2v) is 22.7. The van der Waals surface area contributed by atoms with Gasteiger partial charge in [-0.05, 0) is 12.8 Å². The average Bonchev–Trinajstić information content (AvgIpc) is 3.38. The van der Waals surface area contributed by atoms with Gasteiger partial charge in [-0.25, -0.2) is 0 Å². The lowest BCUT2D eigenvalue weighted by molar-refractivity contribution is -0.302. The molecule has 1 aliphatic heterocycles. The number of carbonyl (C=O) groups is 1. The molecule has 8 unspecified atom stereocenters. The Morgan fingerprint density at radius 3 is 0.986 bits per heavy atom. The molecule has 0 aliphatic carbocycles. The predicted octanol–water partition coefficient (Wildman–Crippen LogP) is 15.2. The number of aliphatic hydroxyl groups excluding tert-OH is 6. The summed E-state index contributed by atoms with van der Waals surface area (Å²) < 4.78 is 11.2. The first-order chi connectivity index (χ1) is 35.3. The Labute approximate surface area is 445 Å². The smallest absolute Gasteiger partial charge is 0.249 e. The molecular weight excluding hydrogens is 903 g/mol. The molecule has 430 valence electrons. The van der Waals surface area contributed by atoms with Crippen molar-refractivity contribution in [2.75, 3.05) is 13.2 Å². The molecule has 0 saturated carbocycles. The van der Waals surface area contributed by atoms with Gasteiger partial charge >= 0.3 is 0 Å². The van der Waals surface area contributed by atoms with Crippen molar-refractivity contribution in [3.63, 3.8) is 0 Å². The van der Waals surface area contributed by atoms with Crippen LogP contribution < -0.4 is 5.32 Å². The largest absolute Gasteiger partial charge is 0.394 e. The number of amides is 1. The molecule has 0 radical (unpaired) electrons. The fraction of sp³-hybridized carbons (Fsp3) is 0.984. The van der Waals surface area contributed by atoms with Crippen LogP contribution in [-0.4, -0.2) is 98.7 Å². The Kier molecular flexibility index (Phi) is 50.2. The molecule has 8 atom stereocenters. The Morgan fingerprint density at radius 2 is 0.694 bits per heavy atom. The highest BCUT2D eigenvalue weighted by atomic mass is 16.7. The molecular formula is C62H123NO9. The SMILES string of the molecule is CCCCCCCCCCCCCCCCCCCCCCCCCCCCCCCCCCCCCCC(O)C(=O)NC(COC1OC(CO)C(O)C(O)C1O)C(O)CCCCCCCCCCCCC. The Balaban J connectivity index is 2.03. The molecule has 7 N–H and O–H groups in total. The first-order valence-corrected chi connectivity index (χ1v) is 31.8. The normalized spacial score (nSPS) is 19.5. The summed E-state index contributed by atoms with van der Waals surface area (Å²) in [6.07, 6.45) is 53.7. The second kappa shape index (κ2) is 52.2. The highest BCUT2D eigenvalue weighted by Crippen LogP contribution is 2.24. The van der Waals surface area contributed by atoms with Gasteiger partial charge in [0.2, 0.25) is 5.91 Å². The van der Waals surface area contributed by atoms with E-state index in [1.54, 1.807) is 0 Å².